The lowest BCUT2D eigenvalue weighted by Gasteiger charge is -2.08. The van der Waals surface area contributed by atoms with E-state index in [1.54, 1.807) is 36.4 Å². The van der Waals surface area contributed by atoms with Crippen molar-refractivity contribution in [3.63, 3.8) is 0 Å². The number of para-hydroxylation sites is 1. The molecule has 20 heavy (non-hydrogen) atoms. The first-order valence-electron chi connectivity index (χ1n) is 5.82. The van der Waals surface area contributed by atoms with E-state index in [2.05, 4.69) is 5.32 Å². The number of hydrogen-bond donors (Lipinski definition) is 2. The lowest BCUT2D eigenvalue weighted by molar-refractivity contribution is 0.100. The van der Waals surface area contributed by atoms with Gasteiger partial charge in [0.15, 0.2) is 0 Å². The summed E-state index contributed by atoms with van der Waals surface area (Å²) in [5.74, 6) is -1.03. The molecule has 2 amide bonds. The Bertz CT molecular complexity index is 717. The highest BCUT2D eigenvalue weighted by Gasteiger charge is 2.11. The summed E-state index contributed by atoms with van der Waals surface area (Å²) < 4.78 is 0. The van der Waals surface area contributed by atoms with Crippen molar-refractivity contribution in [3.05, 3.63) is 65.2 Å². The molecule has 0 aliphatic rings. The van der Waals surface area contributed by atoms with Crippen LogP contribution in [0.4, 0.5) is 5.69 Å². The second kappa shape index (κ2) is 5.67. The summed E-state index contributed by atoms with van der Waals surface area (Å²) in [6, 6.07) is 14.7. The Morgan fingerprint density at radius 3 is 2.55 bits per heavy atom. The van der Waals surface area contributed by atoms with Gasteiger partial charge >= 0.3 is 0 Å². The first-order valence-corrected chi connectivity index (χ1v) is 5.82. The third kappa shape index (κ3) is 2.82. The quantitative estimate of drug-likeness (QED) is 0.887. The van der Waals surface area contributed by atoms with Crippen LogP contribution in [0.5, 0.6) is 0 Å². The van der Waals surface area contributed by atoms with Gasteiger partial charge in [-0.1, -0.05) is 18.2 Å². The summed E-state index contributed by atoms with van der Waals surface area (Å²) in [5.41, 5.74) is 6.54. The van der Waals surface area contributed by atoms with Crippen molar-refractivity contribution in [2.24, 2.45) is 5.73 Å². The normalized spacial score (nSPS) is 9.55. The Hall–Kier alpha value is -3.13. The molecule has 0 spiro atoms. The largest absolute Gasteiger partial charge is 0.366 e. The van der Waals surface area contributed by atoms with Crippen molar-refractivity contribution in [2.45, 2.75) is 0 Å². The van der Waals surface area contributed by atoms with Gasteiger partial charge in [0.2, 0.25) is 0 Å². The molecule has 0 fully saturated rings. The van der Waals surface area contributed by atoms with Gasteiger partial charge < -0.3 is 11.1 Å². The van der Waals surface area contributed by atoms with Crippen LogP contribution >= 0.6 is 0 Å². The molecular formula is C15H11N3O2. The van der Waals surface area contributed by atoms with E-state index in [1.165, 1.54) is 12.1 Å². The van der Waals surface area contributed by atoms with Crippen LogP contribution in [0.1, 0.15) is 26.3 Å². The summed E-state index contributed by atoms with van der Waals surface area (Å²) in [5, 5.41) is 11.4. The van der Waals surface area contributed by atoms with E-state index in [9.17, 15) is 9.59 Å². The van der Waals surface area contributed by atoms with Gasteiger partial charge in [-0.25, -0.2) is 0 Å². The second-order valence-corrected chi connectivity index (χ2v) is 4.06. The van der Waals surface area contributed by atoms with E-state index in [0.717, 1.165) is 0 Å². The predicted octanol–water partition coefficient (Wildman–Crippen LogP) is 1.91. The first kappa shape index (κ1) is 13.3. The fraction of sp³-hybridized carbons (Fsp3) is 0. The highest BCUT2D eigenvalue weighted by molar-refractivity contribution is 6.08. The molecule has 5 heteroatoms. The van der Waals surface area contributed by atoms with Gasteiger partial charge in [0, 0.05) is 5.56 Å². The topological polar surface area (TPSA) is 96.0 Å². The zero-order chi connectivity index (χ0) is 14.5. The van der Waals surface area contributed by atoms with Gasteiger partial charge in [0.1, 0.15) is 0 Å². The Morgan fingerprint density at radius 1 is 1.10 bits per heavy atom. The molecule has 0 aliphatic heterocycles. The standard InChI is InChI=1S/C15H11N3O2/c16-9-10-4-3-5-11(8-10)15(20)18-13-7-2-1-6-12(13)14(17)19/h1-8H,(H2,17,19)(H,18,20). The molecule has 0 atom stereocenters. The average Bonchev–Trinajstić information content (AvgIpc) is 2.47. The number of primary amides is 1. The van der Waals surface area contributed by atoms with Crippen molar-refractivity contribution in [1.29, 1.82) is 5.26 Å². The lowest BCUT2D eigenvalue weighted by Crippen LogP contribution is -2.18. The van der Waals surface area contributed by atoms with Crippen LogP contribution in [-0.4, -0.2) is 11.8 Å². The summed E-state index contributed by atoms with van der Waals surface area (Å²) >= 11 is 0. The Morgan fingerprint density at radius 2 is 1.85 bits per heavy atom. The average molecular weight is 265 g/mol. The molecule has 0 saturated carbocycles. The van der Waals surface area contributed by atoms with Gasteiger partial charge in [0.25, 0.3) is 11.8 Å². The van der Waals surface area contributed by atoms with E-state index in [4.69, 9.17) is 11.0 Å². The summed E-state index contributed by atoms with van der Waals surface area (Å²) in [6.45, 7) is 0. The van der Waals surface area contributed by atoms with E-state index < -0.39 is 11.8 Å². The van der Waals surface area contributed by atoms with E-state index >= 15 is 0 Å². The summed E-state index contributed by atoms with van der Waals surface area (Å²) in [7, 11) is 0. The number of nitrogens with one attached hydrogen (secondary N) is 1. The third-order valence-corrected chi connectivity index (χ3v) is 2.69. The summed E-state index contributed by atoms with van der Waals surface area (Å²) in [4.78, 5) is 23.4. The molecule has 0 unspecified atom stereocenters. The predicted molar refractivity (Wildman–Crippen MR) is 74.1 cm³/mol. The molecule has 0 bridgehead atoms. The molecule has 2 aromatic rings. The van der Waals surface area contributed by atoms with Crippen LogP contribution in [0.15, 0.2) is 48.5 Å². The van der Waals surface area contributed by atoms with E-state index in [0.29, 0.717) is 16.8 Å². The SMILES string of the molecule is N#Cc1cccc(C(=O)Nc2ccccc2C(N)=O)c1. The molecule has 3 N–H and O–H groups in total. The minimum absolute atomic E-state index is 0.234. The number of carbonyl (C=O) groups excluding carboxylic acids is 2. The van der Waals surface area contributed by atoms with Crippen molar-refractivity contribution in [2.75, 3.05) is 5.32 Å². The van der Waals surface area contributed by atoms with Gasteiger partial charge in [-0.2, -0.15) is 5.26 Å². The van der Waals surface area contributed by atoms with Crippen molar-refractivity contribution >= 4 is 17.5 Å². The highest BCUT2D eigenvalue weighted by atomic mass is 16.2. The minimum Gasteiger partial charge on any atom is -0.366 e. The van der Waals surface area contributed by atoms with Crippen LogP contribution in [0.25, 0.3) is 0 Å². The maximum atomic E-state index is 12.1. The molecule has 2 rings (SSSR count). The maximum absolute atomic E-state index is 12.1. The molecule has 0 aliphatic carbocycles. The number of nitrogens with two attached hydrogens (primary N) is 1. The number of benzene rings is 2. The molecule has 0 aromatic heterocycles. The molecule has 0 saturated heterocycles. The Kier molecular flexibility index (Phi) is 3.77. The highest BCUT2D eigenvalue weighted by Crippen LogP contribution is 2.16. The molecule has 5 nitrogen and oxygen atoms in total. The van der Waals surface area contributed by atoms with Crippen molar-refractivity contribution in [3.8, 4) is 6.07 Å². The number of amides is 2. The van der Waals surface area contributed by atoms with Crippen LogP contribution in [0.2, 0.25) is 0 Å². The zero-order valence-electron chi connectivity index (χ0n) is 10.5. The number of anilines is 1. The smallest absolute Gasteiger partial charge is 0.255 e. The number of nitriles is 1. The fourth-order valence-electron chi connectivity index (χ4n) is 1.73. The maximum Gasteiger partial charge on any atom is 0.255 e. The van der Waals surface area contributed by atoms with Gasteiger partial charge in [0.05, 0.1) is 22.9 Å². The van der Waals surface area contributed by atoms with E-state index in [-0.39, 0.29) is 5.56 Å². The molecule has 98 valence electrons. The number of carbonyl (C=O) groups is 2. The lowest BCUT2D eigenvalue weighted by atomic mass is 10.1. The molecule has 0 heterocycles. The number of hydrogen-bond acceptors (Lipinski definition) is 3. The van der Waals surface area contributed by atoms with Crippen molar-refractivity contribution < 1.29 is 9.59 Å². The fourth-order valence-corrected chi connectivity index (χ4v) is 1.73. The number of rotatable bonds is 3. The van der Waals surface area contributed by atoms with E-state index in [1.807, 2.05) is 6.07 Å². The Labute approximate surface area is 115 Å². The monoisotopic (exact) mass is 265 g/mol. The van der Waals surface area contributed by atoms with Crippen LogP contribution < -0.4 is 11.1 Å². The van der Waals surface area contributed by atoms with Crippen LogP contribution in [-0.2, 0) is 0 Å². The summed E-state index contributed by atoms with van der Waals surface area (Å²) in [6.07, 6.45) is 0. The Balaban J connectivity index is 2.28. The number of nitrogens with zero attached hydrogens (tertiary/aromatic N) is 1. The minimum atomic E-state index is -0.619. The molecule has 0 radical (unpaired) electrons. The van der Waals surface area contributed by atoms with Crippen molar-refractivity contribution in [1.82, 2.24) is 0 Å². The van der Waals surface area contributed by atoms with Gasteiger partial charge in [-0.3, -0.25) is 9.59 Å². The molecule has 2 aromatic carbocycles. The first-order chi connectivity index (χ1) is 9.61. The molecular weight excluding hydrogens is 254 g/mol. The second-order valence-electron chi connectivity index (χ2n) is 4.06. The van der Waals surface area contributed by atoms with Crippen LogP contribution in [0.3, 0.4) is 0 Å². The third-order valence-electron chi connectivity index (χ3n) is 2.69. The van der Waals surface area contributed by atoms with Gasteiger partial charge in [-0.05, 0) is 30.3 Å². The van der Waals surface area contributed by atoms with Gasteiger partial charge in [-0.15, -0.1) is 0 Å². The van der Waals surface area contributed by atoms with Crippen LogP contribution in [0, 0.1) is 11.3 Å². The zero-order valence-corrected chi connectivity index (χ0v) is 10.5.